The number of hydrogen-bond acceptors (Lipinski definition) is 6. The first-order valence-corrected chi connectivity index (χ1v) is 20.5. The summed E-state index contributed by atoms with van der Waals surface area (Å²) in [6.45, 7) is 29.5. The van der Waals surface area contributed by atoms with Crippen molar-refractivity contribution in [1.29, 1.82) is 0 Å². The van der Waals surface area contributed by atoms with Gasteiger partial charge in [-0.2, -0.15) is 0 Å². The molecule has 0 aromatic heterocycles. The Balaban J connectivity index is 1.56. The minimum Gasteiger partial charge on any atom is -0.507 e. The van der Waals surface area contributed by atoms with E-state index in [1.807, 2.05) is 76.2 Å². The first-order chi connectivity index (χ1) is 27.5. The topological polar surface area (TPSA) is 96.2 Å². The molecule has 59 heavy (non-hydrogen) atoms. The first-order valence-electron chi connectivity index (χ1n) is 20.5. The Bertz CT molecular complexity index is 2610. The van der Waals surface area contributed by atoms with Crippen molar-refractivity contribution >= 4 is 16.9 Å². The van der Waals surface area contributed by atoms with Crippen LogP contribution in [0.4, 0.5) is 4.79 Å². The van der Waals surface area contributed by atoms with E-state index in [0.29, 0.717) is 23.0 Å². The summed E-state index contributed by atoms with van der Waals surface area (Å²) in [5.74, 6) is 1.09. The molecular formula is C53H60O6. The Kier molecular flexibility index (Phi) is 11.5. The van der Waals surface area contributed by atoms with Crippen LogP contribution in [0.1, 0.15) is 133 Å². The SMILES string of the molecule is Cc1cc(C(c2ccc3cc(C(c4cc(C)c(O)c(C)c4C)c4cc(C)c(OC(=O)OC(C)(C)C)c(C)c4C)ccc3c2)c2cc(C)c(O)c(C)c2C)c(C)c(C)c1O. The van der Waals surface area contributed by atoms with E-state index in [1.165, 1.54) is 0 Å². The summed E-state index contributed by atoms with van der Waals surface area (Å²) >= 11 is 0. The number of ether oxygens (including phenoxy) is 2. The lowest BCUT2D eigenvalue weighted by atomic mass is 9.76. The minimum atomic E-state index is -0.735. The molecule has 0 radical (unpaired) electrons. The zero-order valence-electron chi connectivity index (χ0n) is 37.5. The number of fused-ring (bicyclic) bond motifs is 1. The molecule has 0 aliphatic heterocycles. The van der Waals surface area contributed by atoms with Gasteiger partial charge in [-0.05, 0) is 215 Å². The van der Waals surface area contributed by atoms with Gasteiger partial charge in [0, 0.05) is 11.8 Å². The number of aryl methyl sites for hydroxylation is 4. The molecule has 6 aromatic rings. The van der Waals surface area contributed by atoms with E-state index in [2.05, 4.69) is 88.4 Å². The molecule has 6 rings (SSSR count). The standard InChI is InChI=1S/C53H60O6/c1-26-20-42(30(5)34(9)48(26)54)46(43-21-27(2)49(55)35(10)31(43)6)40-18-16-39-25-41(19-17-38(39)24-40)47(44-22-28(3)50(56)36(11)32(44)7)45-23-29(4)51(37(12)33(45)8)58-52(57)59-53(13,14)15/h16-25,46-47,54-56H,1-15H3. The van der Waals surface area contributed by atoms with E-state index < -0.39 is 11.8 Å². The second-order valence-electron chi connectivity index (χ2n) is 17.8. The van der Waals surface area contributed by atoms with Crippen LogP contribution in [0.25, 0.3) is 10.8 Å². The smallest absolute Gasteiger partial charge is 0.507 e. The lowest BCUT2D eigenvalue weighted by Crippen LogP contribution is -2.26. The second kappa shape index (κ2) is 15.8. The summed E-state index contributed by atoms with van der Waals surface area (Å²) in [6, 6.07) is 21.8. The van der Waals surface area contributed by atoms with E-state index >= 15 is 0 Å². The van der Waals surface area contributed by atoms with Crippen molar-refractivity contribution in [3.05, 3.63) is 161 Å². The number of hydrogen-bond donors (Lipinski definition) is 3. The van der Waals surface area contributed by atoms with Crippen molar-refractivity contribution in [3.63, 3.8) is 0 Å². The molecule has 0 aliphatic carbocycles. The van der Waals surface area contributed by atoms with Crippen LogP contribution in [0, 0.1) is 83.1 Å². The zero-order chi connectivity index (χ0) is 43.6. The number of carbonyl (C=O) groups excluding carboxylic acids is 1. The highest BCUT2D eigenvalue weighted by atomic mass is 16.7. The van der Waals surface area contributed by atoms with Crippen LogP contribution < -0.4 is 4.74 Å². The van der Waals surface area contributed by atoms with Gasteiger partial charge in [0.2, 0.25) is 0 Å². The van der Waals surface area contributed by atoms with Gasteiger partial charge < -0.3 is 24.8 Å². The molecule has 1 unspecified atom stereocenters. The monoisotopic (exact) mass is 792 g/mol. The van der Waals surface area contributed by atoms with Crippen molar-refractivity contribution in [2.45, 2.75) is 121 Å². The molecule has 0 spiro atoms. The molecule has 0 saturated heterocycles. The number of benzene rings is 6. The van der Waals surface area contributed by atoms with Crippen LogP contribution in [-0.4, -0.2) is 27.1 Å². The van der Waals surface area contributed by atoms with Crippen LogP contribution in [0.3, 0.4) is 0 Å². The van der Waals surface area contributed by atoms with Crippen molar-refractivity contribution in [1.82, 2.24) is 0 Å². The summed E-state index contributed by atoms with van der Waals surface area (Å²) in [5.41, 5.74) is 16.8. The van der Waals surface area contributed by atoms with Gasteiger partial charge in [0.15, 0.2) is 0 Å². The van der Waals surface area contributed by atoms with Crippen LogP contribution in [0.15, 0.2) is 60.7 Å². The number of carbonyl (C=O) groups is 1. The van der Waals surface area contributed by atoms with Crippen molar-refractivity contribution in [2.24, 2.45) is 0 Å². The molecule has 1 atom stereocenters. The third-order valence-electron chi connectivity index (χ3n) is 12.7. The lowest BCUT2D eigenvalue weighted by Gasteiger charge is -2.28. The Morgan fingerprint density at radius 3 is 1.12 bits per heavy atom. The lowest BCUT2D eigenvalue weighted by molar-refractivity contribution is 0.0203. The third-order valence-corrected chi connectivity index (χ3v) is 12.7. The number of aromatic hydroxyl groups is 3. The molecule has 0 saturated carbocycles. The molecule has 0 fully saturated rings. The summed E-state index contributed by atoms with van der Waals surface area (Å²) in [6.07, 6.45) is -0.735. The van der Waals surface area contributed by atoms with Crippen LogP contribution in [-0.2, 0) is 4.74 Å². The van der Waals surface area contributed by atoms with E-state index in [4.69, 9.17) is 9.47 Å². The summed E-state index contributed by atoms with van der Waals surface area (Å²) in [7, 11) is 0. The fourth-order valence-corrected chi connectivity index (χ4v) is 8.79. The molecule has 0 bridgehead atoms. The quantitative estimate of drug-likeness (QED) is 0.0846. The number of rotatable bonds is 7. The maximum Gasteiger partial charge on any atom is 0.514 e. The highest BCUT2D eigenvalue weighted by molar-refractivity contribution is 5.85. The average molecular weight is 793 g/mol. The highest BCUT2D eigenvalue weighted by Crippen LogP contribution is 2.45. The fourth-order valence-electron chi connectivity index (χ4n) is 8.79. The normalized spacial score (nSPS) is 12.3. The van der Waals surface area contributed by atoms with Gasteiger partial charge in [0.25, 0.3) is 0 Å². The van der Waals surface area contributed by atoms with Crippen molar-refractivity contribution in [2.75, 3.05) is 0 Å². The van der Waals surface area contributed by atoms with Gasteiger partial charge in [-0.1, -0.05) is 60.7 Å². The molecule has 308 valence electrons. The zero-order valence-corrected chi connectivity index (χ0v) is 37.5. The number of phenolic OH excluding ortho intramolecular Hbond substituents is 3. The van der Waals surface area contributed by atoms with Crippen LogP contribution >= 0.6 is 0 Å². The Labute approximate surface area is 350 Å². The minimum absolute atomic E-state index is 0.150. The molecule has 3 N–H and O–H groups in total. The Morgan fingerprint density at radius 2 is 0.780 bits per heavy atom. The van der Waals surface area contributed by atoms with Gasteiger partial charge in [-0.15, -0.1) is 0 Å². The van der Waals surface area contributed by atoms with Gasteiger partial charge in [0.1, 0.15) is 28.6 Å². The van der Waals surface area contributed by atoms with Crippen LogP contribution in [0.5, 0.6) is 23.0 Å². The maximum absolute atomic E-state index is 12.8. The molecule has 6 heteroatoms. The Hall–Kier alpha value is -5.75. The van der Waals surface area contributed by atoms with Gasteiger partial charge in [-0.3, -0.25) is 0 Å². The first kappa shape index (κ1) is 42.8. The van der Waals surface area contributed by atoms with E-state index in [1.54, 1.807) is 0 Å². The van der Waals surface area contributed by atoms with Crippen molar-refractivity contribution in [3.8, 4) is 23.0 Å². The van der Waals surface area contributed by atoms with E-state index in [9.17, 15) is 20.1 Å². The largest absolute Gasteiger partial charge is 0.514 e. The van der Waals surface area contributed by atoms with Gasteiger partial charge in [-0.25, -0.2) is 4.79 Å². The molecule has 6 aromatic carbocycles. The second-order valence-corrected chi connectivity index (χ2v) is 17.8. The highest BCUT2D eigenvalue weighted by Gasteiger charge is 2.29. The third kappa shape index (κ3) is 7.90. The van der Waals surface area contributed by atoms with E-state index in [0.717, 1.165) is 111 Å². The molecular weight excluding hydrogens is 733 g/mol. The predicted molar refractivity (Wildman–Crippen MR) is 240 cm³/mol. The molecule has 0 amide bonds. The maximum atomic E-state index is 12.8. The Morgan fingerprint density at radius 1 is 0.458 bits per heavy atom. The fraction of sp³-hybridized carbons (Fsp3) is 0.340. The van der Waals surface area contributed by atoms with Gasteiger partial charge >= 0.3 is 6.16 Å². The molecule has 0 aliphatic rings. The van der Waals surface area contributed by atoms with Gasteiger partial charge in [0.05, 0.1) is 0 Å². The number of phenols is 3. The predicted octanol–water partition coefficient (Wildman–Crippen LogP) is 13.3. The molecule has 0 heterocycles. The summed E-state index contributed by atoms with van der Waals surface area (Å²) < 4.78 is 11.4. The average Bonchev–Trinajstić information content (AvgIpc) is 3.18. The summed E-state index contributed by atoms with van der Waals surface area (Å²) in [5, 5.41) is 35.0. The van der Waals surface area contributed by atoms with Crippen molar-refractivity contribution < 1.29 is 29.6 Å². The van der Waals surface area contributed by atoms with E-state index in [-0.39, 0.29) is 11.8 Å². The molecule has 6 nitrogen and oxygen atoms in total. The van der Waals surface area contributed by atoms with Crippen LogP contribution in [0.2, 0.25) is 0 Å². The summed E-state index contributed by atoms with van der Waals surface area (Å²) in [4.78, 5) is 12.8.